The fourth-order valence-electron chi connectivity index (χ4n) is 3.88. The van der Waals surface area contributed by atoms with Gasteiger partial charge in [0.2, 0.25) is 5.91 Å². The van der Waals surface area contributed by atoms with Gasteiger partial charge in [0.1, 0.15) is 0 Å². The normalized spacial score (nSPS) is 22.5. The summed E-state index contributed by atoms with van der Waals surface area (Å²) >= 11 is 0. The first-order valence-electron chi connectivity index (χ1n) is 8.43. The first-order chi connectivity index (χ1) is 10.8. The summed E-state index contributed by atoms with van der Waals surface area (Å²) in [5.41, 5.74) is 3.70. The molecular weight excluding hydrogens is 274 g/mol. The molecule has 1 aromatic heterocycles. The number of aromatic amines is 1. The molecule has 0 unspecified atom stereocenters. The maximum atomic E-state index is 12.6. The molecule has 4 heteroatoms. The Bertz CT molecular complexity index is 685. The third-order valence-electron chi connectivity index (χ3n) is 5.10. The van der Waals surface area contributed by atoms with Gasteiger partial charge in [0, 0.05) is 29.2 Å². The van der Waals surface area contributed by atoms with Crippen LogP contribution in [0.3, 0.4) is 0 Å². The van der Waals surface area contributed by atoms with Crippen LogP contribution in [0.5, 0.6) is 0 Å². The molecule has 0 saturated heterocycles. The van der Waals surface area contributed by atoms with E-state index in [4.69, 9.17) is 0 Å². The Morgan fingerprint density at radius 2 is 1.95 bits per heavy atom. The van der Waals surface area contributed by atoms with Crippen LogP contribution in [0.25, 0.3) is 10.9 Å². The molecule has 0 spiro atoms. The molecule has 1 aromatic carbocycles. The first kappa shape index (κ1) is 13.8. The molecule has 4 nitrogen and oxygen atoms in total. The maximum absolute atomic E-state index is 12.6. The molecule has 2 heterocycles. The van der Waals surface area contributed by atoms with Gasteiger partial charge in [0.05, 0.1) is 6.04 Å². The van der Waals surface area contributed by atoms with E-state index in [0.717, 1.165) is 25.8 Å². The maximum Gasteiger partial charge on any atom is 0.237 e. The third-order valence-corrected chi connectivity index (χ3v) is 5.10. The first-order valence-corrected chi connectivity index (χ1v) is 8.43. The lowest BCUT2D eigenvalue weighted by Gasteiger charge is -2.28. The van der Waals surface area contributed by atoms with Gasteiger partial charge in [0.25, 0.3) is 0 Å². The van der Waals surface area contributed by atoms with Crippen molar-refractivity contribution in [1.29, 1.82) is 0 Å². The Labute approximate surface area is 130 Å². The highest BCUT2D eigenvalue weighted by Crippen LogP contribution is 2.26. The Balaban J connectivity index is 1.50. The number of carbonyl (C=O) groups is 1. The minimum absolute atomic E-state index is 0.103. The summed E-state index contributed by atoms with van der Waals surface area (Å²) in [6.45, 7) is 0.743. The summed E-state index contributed by atoms with van der Waals surface area (Å²) in [6.07, 6.45) is 6.85. The highest BCUT2D eigenvalue weighted by Gasteiger charge is 2.28. The second-order valence-electron chi connectivity index (χ2n) is 6.61. The van der Waals surface area contributed by atoms with Crippen molar-refractivity contribution in [3.8, 4) is 0 Å². The zero-order valence-electron chi connectivity index (χ0n) is 12.8. The minimum Gasteiger partial charge on any atom is -0.357 e. The minimum atomic E-state index is -0.103. The Kier molecular flexibility index (Phi) is 3.62. The molecule has 0 bridgehead atoms. The van der Waals surface area contributed by atoms with E-state index in [1.54, 1.807) is 0 Å². The fourth-order valence-corrected chi connectivity index (χ4v) is 3.88. The predicted octanol–water partition coefficient (Wildman–Crippen LogP) is 2.63. The van der Waals surface area contributed by atoms with Crippen LogP contribution >= 0.6 is 0 Å². The van der Waals surface area contributed by atoms with E-state index in [1.807, 2.05) is 6.07 Å². The van der Waals surface area contributed by atoms with Gasteiger partial charge in [-0.3, -0.25) is 10.1 Å². The number of nitrogens with one attached hydrogen (secondary N) is 3. The molecule has 0 radical (unpaired) electrons. The van der Waals surface area contributed by atoms with Crippen LogP contribution in [0.1, 0.15) is 43.4 Å². The average Bonchev–Trinajstić information content (AvgIpc) is 2.93. The summed E-state index contributed by atoms with van der Waals surface area (Å²) in [5.74, 6) is 0.169. The second kappa shape index (κ2) is 5.76. The van der Waals surface area contributed by atoms with Crippen LogP contribution in [0.4, 0.5) is 0 Å². The lowest BCUT2D eigenvalue weighted by molar-refractivity contribution is -0.124. The quantitative estimate of drug-likeness (QED) is 0.798. The molecule has 4 rings (SSSR count). The number of rotatable bonds is 2. The molecule has 2 aliphatic rings. The molecule has 22 heavy (non-hydrogen) atoms. The predicted molar refractivity (Wildman–Crippen MR) is 87.6 cm³/mol. The van der Waals surface area contributed by atoms with E-state index in [1.165, 1.54) is 41.4 Å². The highest BCUT2D eigenvalue weighted by molar-refractivity contribution is 5.88. The second-order valence-corrected chi connectivity index (χ2v) is 6.61. The fraction of sp³-hybridized carbons (Fsp3) is 0.500. The molecular formula is C18H23N3O. The van der Waals surface area contributed by atoms with E-state index in [0.29, 0.717) is 6.04 Å². The largest absolute Gasteiger partial charge is 0.357 e. The van der Waals surface area contributed by atoms with Gasteiger partial charge in [-0.15, -0.1) is 0 Å². The summed E-state index contributed by atoms with van der Waals surface area (Å²) in [5, 5.41) is 7.89. The summed E-state index contributed by atoms with van der Waals surface area (Å²) in [4.78, 5) is 16.0. The molecule has 1 amide bonds. The van der Waals surface area contributed by atoms with Gasteiger partial charge >= 0.3 is 0 Å². The van der Waals surface area contributed by atoms with Crippen molar-refractivity contribution in [2.45, 2.75) is 57.2 Å². The van der Waals surface area contributed by atoms with Crippen molar-refractivity contribution < 1.29 is 4.79 Å². The number of amides is 1. The molecule has 1 aliphatic heterocycles. The molecule has 3 N–H and O–H groups in total. The van der Waals surface area contributed by atoms with Gasteiger partial charge in [-0.25, -0.2) is 0 Å². The monoisotopic (exact) mass is 297 g/mol. The smallest absolute Gasteiger partial charge is 0.237 e. The standard InChI is InChI=1S/C18H23N3O/c22-18(20-12-6-2-1-3-7-12)16-10-14-13-8-4-5-9-15(13)21-17(14)11-19-16/h4-5,8-9,12,16,19,21H,1-3,6-7,10-11H2,(H,20,22)/t16-/m1/s1. The Hall–Kier alpha value is -1.81. The number of aromatic nitrogens is 1. The number of fused-ring (bicyclic) bond motifs is 3. The lowest BCUT2D eigenvalue weighted by Crippen LogP contribution is -2.50. The topological polar surface area (TPSA) is 56.9 Å². The van der Waals surface area contributed by atoms with Gasteiger partial charge < -0.3 is 10.3 Å². The van der Waals surface area contributed by atoms with Gasteiger partial charge in [-0.2, -0.15) is 0 Å². The van der Waals surface area contributed by atoms with Gasteiger partial charge in [-0.05, 0) is 30.9 Å². The van der Waals surface area contributed by atoms with Crippen molar-refractivity contribution in [3.05, 3.63) is 35.5 Å². The molecule has 1 fully saturated rings. The third kappa shape index (κ3) is 2.52. The molecule has 2 aromatic rings. The van der Waals surface area contributed by atoms with Crippen LogP contribution in [0, 0.1) is 0 Å². The SMILES string of the molecule is O=C(NC1CCCCC1)[C@H]1Cc2c([nH]c3ccccc23)CN1. The van der Waals surface area contributed by atoms with Crippen LogP contribution in [-0.4, -0.2) is 23.0 Å². The molecule has 1 saturated carbocycles. The van der Waals surface area contributed by atoms with Gasteiger partial charge in [0.15, 0.2) is 0 Å². The molecule has 1 aliphatic carbocycles. The van der Waals surface area contributed by atoms with E-state index in [9.17, 15) is 4.79 Å². The average molecular weight is 297 g/mol. The van der Waals surface area contributed by atoms with Crippen LogP contribution < -0.4 is 10.6 Å². The van der Waals surface area contributed by atoms with E-state index >= 15 is 0 Å². The molecule has 116 valence electrons. The van der Waals surface area contributed by atoms with Crippen LogP contribution in [0.2, 0.25) is 0 Å². The van der Waals surface area contributed by atoms with Crippen LogP contribution in [0.15, 0.2) is 24.3 Å². The number of para-hydroxylation sites is 1. The van der Waals surface area contributed by atoms with Crippen molar-refractivity contribution in [2.75, 3.05) is 0 Å². The number of carbonyl (C=O) groups excluding carboxylic acids is 1. The summed E-state index contributed by atoms with van der Waals surface area (Å²) < 4.78 is 0. The highest BCUT2D eigenvalue weighted by atomic mass is 16.2. The van der Waals surface area contributed by atoms with E-state index in [-0.39, 0.29) is 11.9 Å². The van der Waals surface area contributed by atoms with Crippen molar-refractivity contribution in [3.63, 3.8) is 0 Å². The summed E-state index contributed by atoms with van der Waals surface area (Å²) in [6, 6.07) is 8.64. The summed E-state index contributed by atoms with van der Waals surface area (Å²) in [7, 11) is 0. The lowest BCUT2D eigenvalue weighted by atomic mass is 9.94. The molecule has 1 atom stereocenters. The number of H-pyrrole nitrogens is 1. The van der Waals surface area contributed by atoms with E-state index < -0.39 is 0 Å². The van der Waals surface area contributed by atoms with Crippen molar-refractivity contribution >= 4 is 16.8 Å². The van der Waals surface area contributed by atoms with Crippen molar-refractivity contribution in [1.82, 2.24) is 15.6 Å². The Morgan fingerprint density at radius 1 is 1.14 bits per heavy atom. The zero-order chi connectivity index (χ0) is 14.9. The number of hydrogen-bond donors (Lipinski definition) is 3. The number of benzene rings is 1. The van der Waals surface area contributed by atoms with Crippen molar-refractivity contribution in [2.24, 2.45) is 0 Å². The van der Waals surface area contributed by atoms with Gasteiger partial charge in [-0.1, -0.05) is 37.5 Å². The number of hydrogen-bond acceptors (Lipinski definition) is 2. The van der Waals surface area contributed by atoms with Crippen LogP contribution in [-0.2, 0) is 17.8 Å². The Morgan fingerprint density at radius 3 is 2.82 bits per heavy atom. The zero-order valence-corrected chi connectivity index (χ0v) is 12.8. The van der Waals surface area contributed by atoms with E-state index in [2.05, 4.69) is 33.8 Å².